The number of carbonyl (C=O) groups is 2. The normalized spacial score (nSPS) is 22.2. The van der Waals surface area contributed by atoms with Crippen molar-refractivity contribution >= 4 is 12.1 Å². The van der Waals surface area contributed by atoms with Crippen LogP contribution in [0.25, 0.3) is 0 Å². The van der Waals surface area contributed by atoms with Crippen molar-refractivity contribution < 1.29 is 28.6 Å². The van der Waals surface area contributed by atoms with Gasteiger partial charge < -0.3 is 19.5 Å². The molecule has 1 aromatic rings. The molecule has 0 radical (unpaired) electrons. The van der Waals surface area contributed by atoms with E-state index in [1.54, 1.807) is 26.8 Å². The van der Waals surface area contributed by atoms with E-state index >= 15 is 0 Å². The molecular weight excluding hydrogens is 401 g/mol. The number of ether oxygens (including phenoxy) is 2. The molecule has 1 aliphatic heterocycles. The van der Waals surface area contributed by atoms with Crippen LogP contribution in [0.4, 0.5) is 9.18 Å². The molecule has 172 valence electrons. The lowest BCUT2D eigenvalue weighted by Gasteiger charge is -2.46. The van der Waals surface area contributed by atoms with Crippen LogP contribution >= 0.6 is 0 Å². The van der Waals surface area contributed by atoms with Gasteiger partial charge in [-0.15, -0.1) is 0 Å². The molecule has 1 aliphatic carbocycles. The van der Waals surface area contributed by atoms with Crippen molar-refractivity contribution in [3.8, 4) is 5.75 Å². The Hall–Kier alpha value is -2.31. The highest BCUT2D eigenvalue weighted by Crippen LogP contribution is 2.46. The SMILES string of the molecule is CC(C)(C)OC(=O)c1cc(C2CC2)c(OC2CCCN(C(=O)O)C2C(C)(C)C)cc1F. The third kappa shape index (κ3) is 5.49. The third-order valence-corrected chi connectivity index (χ3v) is 5.72. The van der Waals surface area contributed by atoms with Crippen molar-refractivity contribution in [2.45, 2.75) is 90.9 Å². The summed E-state index contributed by atoms with van der Waals surface area (Å²) in [7, 11) is 0. The summed E-state index contributed by atoms with van der Waals surface area (Å²) in [5, 5.41) is 9.70. The van der Waals surface area contributed by atoms with Gasteiger partial charge in [0.05, 0.1) is 11.6 Å². The number of nitrogens with zero attached hydrogens (tertiary/aromatic N) is 1. The summed E-state index contributed by atoms with van der Waals surface area (Å²) < 4.78 is 26.6. The highest BCUT2D eigenvalue weighted by molar-refractivity contribution is 5.90. The van der Waals surface area contributed by atoms with Gasteiger partial charge in [0.1, 0.15) is 23.3 Å². The topological polar surface area (TPSA) is 76.1 Å². The number of amides is 1. The summed E-state index contributed by atoms with van der Waals surface area (Å²) in [5.74, 6) is -0.768. The Morgan fingerprint density at radius 3 is 2.26 bits per heavy atom. The predicted molar refractivity (Wildman–Crippen MR) is 115 cm³/mol. The summed E-state index contributed by atoms with van der Waals surface area (Å²) in [6.07, 6.45) is 1.90. The Morgan fingerprint density at radius 2 is 1.74 bits per heavy atom. The molecule has 2 aliphatic rings. The van der Waals surface area contributed by atoms with Gasteiger partial charge in [0.25, 0.3) is 0 Å². The van der Waals surface area contributed by atoms with Crippen LogP contribution in [0.5, 0.6) is 5.75 Å². The maximum Gasteiger partial charge on any atom is 0.407 e. The summed E-state index contributed by atoms with van der Waals surface area (Å²) >= 11 is 0. The Bertz CT molecular complexity index is 851. The van der Waals surface area contributed by atoms with E-state index in [1.165, 1.54) is 11.0 Å². The minimum absolute atomic E-state index is 0.0904. The van der Waals surface area contributed by atoms with Gasteiger partial charge in [-0.25, -0.2) is 14.0 Å². The van der Waals surface area contributed by atoms with E-state index in [2.05, 4.69) is 0 Å². The molecule has 1 amide bonds. The zero-order valence-corrected chi connectivity index (χ0v) is 19.3. The summed E-state index contributed by atoms with van der Waals surface area (Å²) in [4.78, 5) is 25.8. The fourth-order valence-electron chi connectivity index (χ4n) is 4.36. The average Bonchev–Trinajstić information content (AvgIpc) is 3.44. The second kappa shape index (κ2) is 8.32. The first-order valence-electron chi connectivity index (χ1n) is 11.0. The van der Waals surface area contributed by atoms with Crippen molar-refractivity contribution in [1.82, 2.24) is 4.90 Å². The minimum Gasteiger partial charge on any atom is -0.488 e. The number of hydrogen-bond donors (Lipinski definition) is 1. The van der Waals surface area contributed by atoms with Crippen LogP contribution in [0.1, 0.15) is 89.1 Å². The summed E-state index contributed by atoms with van der Waals surface area (Å²) in [6.45, 7) is 11.7. The number of hydrogen-bond acceptors (Lipinski definition) is 4. The number of carbonyl (C=O) groups excluding carboxylic acids is 1. The van der Waals surface area contributed by atoms with Gasteiger partial charge in [0, 0.05) is 12.6 Å². The lowest BCUT2D eigenvalue weighted by atomic mass is 9.79. The van der Waals surface area contributed by atoms with Gasteiger partial charge >= 0.3 is 12.1 Å². The molecule has 2 fully saturated rings. The van der Waals surface area contributed by atoms with Crippen LogP contribution in [0.15, 0.2) is 12.1 Å². The second-order valence-electron chi connectivity index (χ2n) is 10.7. The van der Waals surface area contributed by atoms with Crippen LogP contribution in [0.3, 0.4) is 0 Å². The average molecular weight is 436 g/mol. The molecule has 31 heavy (non-hydrogen) atoms. The molecule has 0 bridgehead atoms. The Balaban J connectivity index is 1.94. The van der Waals surface area contributed by atoms with Gasteiger partial charge in [0.2, 0.25) is 0 Å². The molecule has 1 saturated heterocycles. The van der Waals surface area contributed by atoms with Gasteiger partial charge in [-0.2, -0.15) is 0 Å². The van der Waals surface area contributed by atoms with Crippen molar-refractivity contribution in [1.29, 1.82) is 0 Å². The van der Waals surface area contributed by atoms with E-state index in [0.717, 1.165) is 18.4 Å². The first-order chi connectivity index (χ1) is 14.3. The molecule has 1 N–H and O–H groups in total. The molecule has 1 saturated carbocycles. The third-order valence-electron chi connectivity index (χ3n) is 5.72. The quantitative estimate of drug-likeness (QED) is 0.624. The fraction of sp³-hybridized carbons (Fsp3) is 0.667. The lowest BCUT2D eigenvalue weighted by Crippen LogP contribution is -2.58. The predicted octanol–water partition coefficient (Wildman–Crippen LogP) is 5.59. The summed E-state index contributed by atoms with van der Waals surface area (Å²) in [5.41, 5.74) is -0.367. The first-order valence-corrected chi connectivity index (χ1v) is 11.0. The Labute approximate surface area is 183 Å². The smallest absolute Gasteiger partial charge is 0.407 e. The maximum atomic E-state index is 14.9. The van der Waals surface area contributed by atoms with Crippen LogP contribution in [0, 0.1) is 11.2 Å². The molecule has 0 aromatic heterocycles. The highest BCUT2D eigenvalue weighted by atomic mass is 19.1. The second-order valence-corrected chi connectivity index (χ2v) is 10.7. The van der Waals surface area contributed by atoms with E-state index < -0.39 is 29.6 Å². The molecule has 3 rings (SSSR count). The molecule has 2 unspecified atom stereocenters. The number of esters is 1. The molecule has 0 spiro atoms. The van der Waals surface area contributed by atoms with Gasteiger partial charge in [-0.3, -0.25) is 0 Å². The fourth-order valence-corrected chi connectivity index (χ4v) is 4.36. The highest BCUT2D eigenvalue weighted by Gasteiger charge is 2.44. The van der Waals surface area contributed by atoms with Crippen molar-refractivity contribution in [2.24, 2.45) is 5.41 Å². The van der Waals surface area contributed by atoms with Gasteiger partial charge in [-0.05, 0) is 69.4 Å². The monoisotopic (exact) mass is 435 g/mol. The zero-order valence-electron chi connectivity index (χ0n) is 19.3. The number of piperidine rings is 1. The van der Waals surface area contributed by atoms with Crippen LogP contribution < -0.4 is 4.74 Å². The molecule has 1 aromatic carbocycles. The first kappa shape index (κ1) is 23.4. The number of halogens is 1. The zero-order chi connectivity index (χ0) is 23.1. The number of benzene rings is 1. The van der Waals surface area contributed by atoms with Crippen molar-refractivity contribution in [2.75, 3.05) is 6.54 Å². The molecule has 2 atom stereocenters. The van der Waals surface area contributed by atoms with Crippen LogP contribution in [-0.4, -0.2) is 46.4 Å². The van der Waals surface area contributed by atoms with E-state index in [9.17, 15) is 19.1 Å². The van der Waals surface area contributed by atoms with Crippen LogP contribution in [0.2, 0.25) is 0 Å². The van der Waals surface area contributed by atoms with E-state index in [0.29, 0.717) is 25.1 Å². The largest absolute Gasteiger partial charge is 0.488 e. The standard InChI is InChI=1S/C24H34FNO5/c1-23(2,3)20-18(8-7-11-26(20)22(28)29)30-19-13-17(25)16(12-15(19)14-9-10-14)21(27)31-24(4,5)6/h12-14,18,20H,7-11H2,1-6H3,(H,28,29). The van der Waals surface area contributed by atoms with E-state index in [1.807, 2.05) is 20.8 Å². The molecule has 6 nitrogen and oxygen atoms in total. The Morgan fingerprint density at radius 1 is 1.10 bits per heavy atom. The van der Waals surface area contributed by atoms with E-state index in [4.69, 9.17) is 9.47 Å². The number of rotatable bonds is 4. The molecular formula is C24H34FNO5. The number of carboxylic acid groups (broad SMARTS) is 1. The summed E-state index contributed by atoms with van der Waals surface area (Å²) in [6, 6.07) is 2.46. The van der Waals surface area contributed by atoms with Gasteiger partial charge in [-0.1, -0.05) is 20.8 Å². The van der Waals surface area contributed by atoms with Gasteiger partial charge in [0.15, 0.2) is 0 Å². The molecule has 1 heterocycles. The molecule has 7 heteroatoms. The minimum atomic E-state index is -0.970. The van der Waals surface area contributed by atoms with Crippen molar-refractivity contribution in [3.63, 3.8) is 0 Å². The van der Waals surface area contributed by atoms with Crippen LogP contribution in [-0.2, 0) is 4.74 Å². The number of likely N-dealkylation sites (tertiary alicyclic amines) is 1. The van der Waals surface area contributed by atoms with Crippen molar-refractivity contribution in [3.05, 3.63) is 29.1 Å². The lowest BCUT2D eigenvalue weighted by molar-refractivity contribution is -0.0189. The maximum absolute atomic E-state index is 14.9. The Kier molecular flexibility index (Phi) is 6.27. The van der Waals surface area contributed by atoms with E-state index in [-0.39, 0.29) is 22.9 Å².